The van der Waals surface area contributed by atoms with E-state index < -0.39 is 35.6 Å². The average molecular weight is 568 g/mol. The minimum absolute atomic E-state index is 0.0147. The molecule has 1 unspecified atom stereocenters. The molecule has 3 aromatic carbocycles. The summed E-state index contributed by atoms with van der Waals surface area (Å²) < 4.78 is 52.9. The number of hydrogen-bond acceptors (Lipinski definition) is 6. The molecule has 1 fully saturated rings. The zero-order valence-corrected chi connectivity index (χ0v) is 21.2. The highest BCUT2D eigenvalue weighted by Crippen LogP contribution is 2.45. The number of amides is 1. The number of carbonyl (C=O) groups excluding carboxylic acids is 2. The maximum Gasteiger partial charge on any atom is 0.573 e. The van der Waals surface area contributed by atoms with Gasteiger partial charge in [0.1, 0.15) is 17.3 Å². The highest BCUT2D eigenvalue weighted by Gasteiger charge is 2.47. The van der Waals surface area contributed by atoms with Crippen LogP contribution in [-0.2, 0) is 9.59 Å². The second kappa shape index (κ2) is 10.5. The van der Waals surface area contributed by atoms with Crippen LogP contribution in [0.5, 0.6) is 17.2 Å². The SMILES string of the molecule is COc1cccc(C2/C(=C(\O)c3cc(Cl)c(OC)c(Cl)c3)C(=O)C(=O)N2c2cccc(OC(F)(F)F)c2)c1. The van der Waals surface area contributed by atoms with Crippen LogP contribution in [0.4, 0.5) is 18.9 Å². The van der Waals surface area contributed by atoms with Crippen molar-refractivity contribution in [1.29, 1.82) is 0 Å². The van der Waals surface area contributed by atoms with E-state index in [9.17, 15) is 27.9 Å². The first-order chi connectivity index (χ1) is 17.9. The van der Waals surface area contributed by atoms with Gasteiger partial charge in [0.05, 0.1) is 35.9 Å². The molecule has 1 saturated heterocycles. The molecule has 1 N–H and O–H groups in total. The Balaban J connectivity index is 1.94. The minimum Gasteiger partial charge on any atom is -0.507 e. The van der Waals surface area contributed by atoms with Crippen LogP contribution in [-0.4, -0.2) is 37.4 Å². The molecule has 0 aliphatic carbocycles. The molecule has 0 aromatic heterocycles. The van der Waals surface area contributed by atoms with Gasteiger partial charge in [0.25, 0.3) is 11.7 Å². The number of aliphatic hydroxyl groups excluding tert-OH is 1. The Morgan fingerprint density at radius 1 is 0.921 bits per heavy atom. The number of aliphatic hydroxyl groups is 1. The van der Waals surface area contributed by atoms with Crippen LogP contribution in [0.2, 0.25) is 10.0 Å². The topological polar surface area (TPSA) is 85.3 Å². The third-order valence-corrected chi connectivity index (χ3v) is 6.22. The predicted molar refractivity (Wildman–Crippen MR) is 134 cm³/mol. The first kappa shape index (κ1) is 27.2. The van der Waals surface area contributed by atoms with Crippen LogP contribution in [0.25, 0.3) is 5.76 Å². The van der Waals surface area contributed by atoms with Gasteiger partial charge >= 0.3 is 6.36 Å². The highest BCUT2D eigenvalue weighted by atomic mass is 35.5. The smallest absolute Gasteiger partial charge is 0.507 e. The molecule has 7 nitrogen and oxygen atoms in total. The van der Waals surface area contributed by atoms with Crippen molar-refractivity contribution >= 4 is 46.3 Å². The summed E-state index contributed by atoms with van der Waals surface area (Å²) in [5, 5.41) is 11.3. The number of alkyl halides is 3. The van der Waals surface area contributed by atoms with Gasteiger partial charge in [-0.1, -0.05) is 41.4 Å². The summed E-state index contributed by atoms with van der Waals surface area (Å²) >= 11 is 12.4. The molecular formula is C26H18Cl2F3NO6. The van der Waals surface area contributed by atoms with Crippen LogP contribution < -0.4 is 19.1 Å². The van der Waals surface area contributed by atoms with Gasteiger partial charge in [0.2, 0.25) is 0 Å². The summed E-state index contributed by atoms with van der Waals surface area (Å²) in [5.74, 6) is -2.87. The summed E-state index contributed by atoms with van der Waals surface area (Å²) in [6, 6.07) is 12.3. The third kappa shape index (κ3) is 5.23. The summed E-state index contributed by atoms with van der Waals surface area (Å²) in [4.78, 5) is 27.6. The van der Waals surface area contributed by atoms with Gasteiger partial charge in [-0.3, -0.25) is 14.5 Å². The number of benzene rings is 3. The van der Waals surface area contributed by atoms with Crippen molar-refractivity contribution in [3.8, 4) is 17.2 Å². The van der Waals surface area contributed by atoms with Gasteiger partial charge in [-0.15, -0.1) is 13.2 Å². The maximum atomic E-state index is 13.3. The van der Waals surface area contributed by atoms with Crippen molar-refractivity contribution in [2.75, 3.05) is 19.1 Å². The summed E-state index contributed by atoms with van der Waals surface area (Å²) in [7, 11) is 2.76. The Bertz CT molecular complexity index is 1430. The van der Waals surface area contributed by atoms with E-state index in [0.29, 0.717) is 11.3 Å². The number of halogens is 5. The molecule has 4 rings (SSSR count). The van der Waals surface area contributed by atoms with E-state index in [-0.39, 0.29) is 32.6 Å². The molecule has 0 spiro atoms. The molecule has 1 aliphatic heterocycles. The van der Waals surface area contributed by atoms with Gasteiger partial charge in [0, 0.05) is 17.3 Å². The molecule has 1 atom stereocenters. The molecule has 0 bridgehead atoms. The molecule has 1 heterocycles. The van der Waals surface area contributed by atoms with Crippen LogP contribution in [0.1, 0.15) is 17.2 Å². The quantitative estimate of drug-likeness (QED) is 0.207. The standard InChI is InChI=1S/C26H18Cl2F3NO6/c1-36-16-7-3-5-13(9-16)21-20(22(33)14-10-18(27)24(37-2)19(28)11-14)23(34)25(35)32(21)15-6-4-8-17(12-15)38-26(29,30)31/h3-12,21,33H,1-2H3/b22-20+. The second-order valence-corrected chi connectivity index (χ2v) is 8.78. The number of Topliss-reactive ketones (excluding diaryl/α,β-unsaturated/α-hetero) is 1. The van der Waals surface area contributed by atoms with E-state index in [1.807, 2.05) is 0 Å². The van der Waals surface area contributed by atoms with Crippen LogP contribution in [0.3, 0.4) is 0 Å². The van der Waals surface area contributed by atoms with E-state index in [1.54, 1.807) is 18.2 Å². The Hall–Kier alpha value is -3.89. The number of ketones is 1. The van der Waals surface area contributed by atoms with Gasteiger partial charge in [-0.05, 0) is 42.0 Å². The Kier molecular flexibility index (Phi) is 7.48. The van der Waals surface area contributed by atoms with E-state index in [4.69, 9.17) is 32.7 Å². The van der Waals surface area contributed by atoms with Crippen molar-refractivity contribution in [3.05, 3.63) is 87.4 Å². The minimum atomic E-state index is -4.98. The van der Waals surface area contributed by atoms with Gasteiger partial charge in [-0.25, -0.2) is 0 Å². The first-order valence-electron chi connectivity index (χ1n) is 10.8. The van der Waals surface area contributed by atoms with E-state index in [2.05, 4.69) is 4.74 Å². The fourth-order valence-electron chi connectivity index (χ4n) is 4.10. The number of rotatable bonds is 6. The Morgan fingerprint density at radius 2 is 1.55 bits per heavy atom. The molecule has 0 radical (unpaired) electrons. The highest BCUT2D eigenvalue weighted by molar-refractivity contribution is 6.51. The monoisotopic (exact) mass is 567 g/mol. The number of methoxy groups -OCH3 is 2. The predicted octanol–water partition coefficient (Wildman–Crippen LogP) is 6.54. The molecular weight excluding hydrogens is 550 g/mol. The van der Waals surface area contributed by atoms with E-state index in [1.165, 1.54) is 44.6 Å². The fraction of sp³-hybridized carbons (Fsp3) is 0.154. The second-order valence-electron chi connectivity index (χ2n) is 7.96. The summed E-state index contributed by atoms with van der Waals surface area (Å²) in [6.07, 6.45) is -4.98. The number of anilines is 1. The lowest BCUT2D eigenvalue weighted by atomic mass is 9.95. The van der Waals surface area contributed by atoms with Crippen LogP contribution in [0.15, 0.2) is 66.2 Å². The number of hydrogen-bond donors (Lipinski definition) is 1. The normalized spacial score (nSPS) is 17.0. The summed E-state index contributed by atoms with van der Waals surface area (Å²) in [5.41, 5.74) is -0.0759. The zero-order chi connectivity index (χ0) is 27.8. The van der Waals surface area contributed by atoms with Gasteiger partial charge in [0.15, 0.2) is 5.75 Å². The molecule has 12 heteroatoms. The average Bonchev–Trinajstić information content (AvgIpc) is 3.13. The van der Waals surface area contributed by atoms with Crippen LogP contribution >= 0.6 is 23.2 Å². The third-order valence-electron chi connectivity index (χ3n) is 5.66. The number of carbonyl (C=O) groups is 2. The van der Waals surface area contributed by atoms with Crippen molar-refractivity contribution < 1.29 is 42.1 Å². The molecule has 1 amide bonds. The fourth-order valence-corrected chi connectivity index (χ4v) is 4.74. The Morgan fingerprint density at radius 3 is 2.16 bits per heavy atom. The largest absolute Gasteiger partial charge is 0.573 e. The van der Waals surface area contributed by atoms with Crippen molar-refractivity contribution in [1.82, 2.24) is 0 Å². The molecule has 1 aliphatic rings. The molecule has 198 valence electrons. The number of ether oxygens (including phenoxy) is 3. The number of nitrogens with zero attached hydrogens (tertiary/aromatic N) is 1. The van der Waals surface area contributed by atoms with Crippen molar-refractivity contribution in [3.63, 3.8) is 0 Å². The molecule has 0 saturated carbocycles. The van der Waals surface area contributed by atoms with Gasteiger partial charge in [-0.2, -0.15) is 0 Å². The van der Waals surface area contributed by atoms with Crippen LogP contribution in [0, 0.1) is 0 Å². The lowest BCUT2D eigenvalue weighted by molar-refractivity contribution is -0.274. The van der Waals surface area contributed by atoms with Crippen molar-refractivity contribution in [2.24, 2.45) is 0 Å². The van der Waals surface area contributed by atoms with E-state index in [0.717, 1.165) is 17.0 Å². The van der Waals surface area contributed by atoms with E-state index >= 15 is 0 Å². The first-order valence-corrected chi connectivity index (χ1v) is 11.5. The summed E-state index contributed by atoms with van der Waals surface area (Å²) in [6.45, 7) is 0. The Labute approximate surface area is 224 Å². The zero-order valence-electron chi connectivity index (χ0n) is 19.7. The maximum absolute atomic E-state index is 13.3. The lowest BCUT2D eigenvalue weighted by Crippen LogP contribution is -2.29. The van der Waals surface area contributed by atoms with Crippen molar-refractivity contribution in [2.45, 2.75) is 12.4 Å². The molecule has 3 aromatic rings. The van der Waals surface area contributed by atoms with Gasteiger partial charge < -0.3 is 19.3 Å². The lowest BCUT2D eigenvalue weighted by Gasteiger charge is -2.26. The molecule has 38 heavy (non-hydrogen) atoms.